The molecule has 0 aromatic carbocycles. The first-order valence-corrected chi connectivity index (χ1v) is 8.03. The van der Waals surface area contributed by atoms with Gasteiger partial charge in [-0.3, -0.25) is 19.6 Å². The van der Waals surface area contributed by atoms with E-state index in [4.69, 9.17) is 0 Å². The summed E-state index contributed by atoms with van der Waals surface area (Å²) in [6.45, 7) is 4.78. The summed E-state index contributed by atoms with van der Waals surface area (Å²) in [5, 5.41) is 12.9. The minimum atomic E-state index is -0.166. The highest BCUT2D eigenvalue weighted by Crippen LogP contribution is 2.32. The SMILES string of the molecule is O=C(CN1CCN(CC(O)C2CC2)CC1)Nc1cccnc1. The molecule has 2 fully saturated rings. The number of carbonyl (C=O) groups excluding carboxylic acids is 1. The van der Waals surface area contributed by atoms with Gasteiger partial charge in [0, 0.05) is 38.9 Å². The van der Waals surface area contributed by atoms with Gasteiger partial charge in [0.15, 0.2) is 0 Å². The summed E-state index contributed by atoms with van der Waals surface area (Å²) in [6.07, 6.45) is 5.52. The largest absolute Gasteiger partial charge is 0.392 e. The van der Waals surface area contributed by atoms with E-state index < -0.39 is 0 Å². The molecule has 2 heterocycles. The second kappa shape index (κ2) is 7.17. The van der Waals surface area contributed by atoms with Gasteiger partial charge in [-0.2, -0.15) is 0 Å². The zero-order chi connectivity index (χ0) is 15.4. The molecule has 1 unspecified atom stereocenters. The Morgan fingerprint density at radius 2 is 2.05 bits per heavy atom. The van der Waals surface area contributed by atoms with E-state index in [1.165, 1.54) is 12.8 Å². The molecule has 22 heavy (non-hydrogen) atoms. The Balaban J connectivity index is 1.37. The number of β-amino-alcohol motifs (C(OH)–C–C–N with tert-alkyl or cyclic N) is 1. The molecule has 3 rings (SSSR count). The number of anilines is 1. The van der Waals surface area contributed by atoms with Crippen LogP contribution in [0.15, 0.2) is 24.5 Å². The summed E-state index contributed by atoms with van der Waals surface area (Å²) in [5.41, 5.74) is 0.735. The van der Waals surface area contributed by atoms with E-state index in [0.717, 1.165) is 38.4 Å². The Hall–Kier alpha value is -1.50. The van der Waals surface area contributed by atoms with Crippen LogP contribution in [0, 0.1) is 5.92 Å². The van der Waals surface area contributed by atoms with Crippen LogP contribution in [-0.4, -0.2) is 71.2 Å². The van der Waals surface area contributed by atoms with Crippen molar-refractivity contribution in [2.45, 2.75) is 18.9 Å². The topological polar surface area (TPSA) is 68.7 Å². The van der Waals surface area contributed by atoms with Gasteiger partial charge >= 0.3 is 0 Å². The van der Waals surface area contributed by atoms with Gasteiger partial charge in [-0.05, 0) is 30.9 Å². The monoisotopic (exact) mass is 304 g/mol. The van der Waals surface area contributed by atoms with E-state index in [0.29, 0.717) is 12.5 Å². The smallest absolute Gasteiger partial charge is 0.238 e. The molecule has 1 saturated heterocycles. The van der Waals surface area contributed by atoms with Crippen LogP contribution in [0.1, 0.15) is 12.8 Å². The molecule has 1 aromatic rings. The molecule has 1 aliphatic carbocycles. The molecule has 1 aromatic heterocycles. The van der Waals surface area contributed by atoms with Gasteiger partial charge in [0.25, 0.3) is 0 Å². The second-order valence-corrected chi connectivity index (χ2v) is 6.27. The number of aliphatic hydroxyl groups excluding tert-OH is 1. The highest BCUT2D eigenvalue weighted by atomic mass is 16.3. The molecule has 0 radical (unpaired) electrons. The predicted octanol–water partition coefficient (Wildman–Crippen LogP) is 0.409. The highest BCUT2D eigenvalue weighted by molar-refractivity contribution is 5.92. The van der Waals surface area contributed by atoms with Crippen LogP contribution in [0.3, 0.4) is 0 Å². The molecule has 1 amide bonds. The molecular formula is C16H24N4O2. The first kappa shape index (κ1) is 15.4. The summed E-state index contributed by atoms with van der Waals surface area (Å²) in [4.78, 5) is 20.4. The molecule has 0 spiro atoms. The Kier molecular flexibility index (Phi) is 5.02. The fourth-order valence-corrected chi connectivity index (χ4v) is 2.86. The van der Waals surface area contributed by atoms with E-state index >= 15 is 0 Å². The minimum absolute atomic E-state index is 0.000495. The molecule has 1 saturated carbocycles. The van der Waals surface area contributed by atoms with Crippen molar-refractivity contribution >= 4 is 11.6 Å². The number of nitrogens with one attached hydrogen (secondary N) is 1. The maximum atomic E-state index is 12.0. The average molecular weight is 304 g/mol. The van der Waals surface area contributed by atoms with E-state index in [-0.39, 0.29) is 12.0 Å². The minimum Gasteiger partial charge on any atom is -0.392 e. The third kappa shape index (κ3) is 4.50. The Morgan fingerprint density at radius 3 is 2.68 bits per heavy atom. The first-order chi connectivity index (χ1) is 10.7. The molecule has 0 bridgehead atoms. The quantitative estimate of drug-likeness (QED) is 0.797. The van der Waals surface area contributed by atoms with Crippen LogP contribution >= 0.6 is 0 Å². The van der Waals surface area contributed by atoms with Crippen molar-refractivity contribution in [3.63, 3.8) is 0 Å². The fraction of sp³-hybridized carbons (Fsp3) is 0.625. The molecule has 6 heteroatoms. The zero-order valence-corrected chi connectivity index (χ0v) is 12.8. The number of amides is 1. The average Bonchev–Trinajstić information content (AvgIpc) is 3.35. The van der Waals surface area contributed by atoms with Gasteiger partial charge in [0.2, 0.25) is 5.91 Å². The summed E-state index contributed by atoms with van der Waals surface area (Å²) in [6, 6.07) is 3.64. The number of aromatic nitrogens is 1. The van der Waals surface area contributed by atoms with Crippen LogP contribution in [0.4, 0.5) is 5.69 Å². The number of nitrogens with zero attached hydrogens (tertiary/aromatic N) is 3. The van der Waals surface area contributed by atoms with Crippen LogP contribution < -0.4 is 5.32 Å². The molecule has 1 aliphatic heterocycles. The van der Waals surface area contributed by atoms with Crippen molar-refractivity contribution in [1.82, 2.24) is 14.8 Å². The van der Waals surface area contributed by atoms with Crippen molar-refractivity contribution in [2.75, 3.05) is 44.6 Å². The lowest BCUT2D eigenvalue weighted by molar-refractivity contribution is -0.117. The Bertz CT molecular complexity index is 484. The third-order valence-corrected chi connectivity index (χ3v) is 4.39. The standard InChI is InChI=1S/C16H24N4O2/c21-15(13-3-4-13)11-19-6-8-20(9-7-19)12-16(22)18-14-2-1-5-17-10-14/h1-2,5,10,13,15,21H,3-4,6-9,11-12H2,(H,18,22). The molecule has 2 aliphatic rings. The highest BCUT2D eigenvalue weighted by Gasteiger charge is 2.31. The maximum Gasteiger partial charge on any atom is 0.238 e. The van der Waals surface area contributed by atoms with Gasteiger partial charge in [-0.15, -0.1) is 0 Å². The molecule has 2 N–H and O–H groups in total. The Morgan fingerprint density at radius 1 is 1.32 bits per heavy atom. The summed E-state index contributed by atoms with van der Waals surface area (Å²) in [7, 11) is 0. The normalized spacial score (nSPS) is 21.5. The van der Waals surface area contributed by atoms with Gasteiger partial charge in [-0.1, -0.05) is 0 Å². The third-order valence-electron chi connectivity index (χ3n) is 4.39. The van der Waals surface area contributed by atoms with Gasteiger partial charge in [-0.25, -0.2) is 0 Å². The number of aliphatic hydroxyl groups is 1. The molecule has 120 valence electrons. The number of piperazine rings is 1. The predicted molar refractivity (Wildman–Crippen MR) is 84.5 cm³/mol. The molecule has 6 nitrogen and oxygen atoms in total. The van der Waals surface area contributed by atoms with Crippen molar-refractivity contribution in [3.05, 3.63) is 24.5 Å². The van der Waals surface area contributed by atoms with Crippen LogP contribution in [0.2, 0.25) is 0 Å². The van der Waals surface area contributed by atoms with Crippen molar-refractivity contribution < 1.29 is 9.90 Å². The summed E-state index contributed by atoms with van der Waals surface area (Å²) in [5.74, 6) is 0.530. The lowest BCUT2D eigenvalue weighted by atomic mass is 10.2. The molecule has 1 atom stereocenters. The van der Waals surface area contributed by atoms with Crippen molar-refractivity contribution in [3.8, 4) is 0 Å². The van der Waals surface area contributed by atoms with E-state index in [2.05, 4.69) is 20.1 Å². The zero-order valence-electron chi connectivity index (χ0n) is 12.8. The second-order valence-electron chi connectivity index (χ2n) is 6.27. The lowest BCUT2D eigenvalue weighted by Gasteiger charge is -2.35. The van der Waals surface area contributed by atoms with Crippen molar-refractivity contribution in [2.24, 2.45) is 5.92 Å². The number of hydrogen-bond acceptors (Lipinski definition) is 5. The summed E-state index contributed by atoms with van der Waals surface area (Å²) >= 11 is 0. The first-order valence-electron chi connectivity index (χ1n) is 8.03. The van der Waals surface area contributed by atoms with Crippen LogP contribution in [0.5, 0.6) is 0 Å². The van der Waals surface area contributed by atoms with Gasteiger partial charge in [0.05, 0.1) is 24.5 Å². The van der Waals surface area contributed by atoms with E-state index in [1.54, 1.807) is 18.5 Å². The fourth-order valence-electron chi connectivity index (χ4n) is 2.86. The molecular weight excluding hydrogens is 280 g/mol. The summed E-state index contributed by atoms with van der Waals surface area (Å²) < 4.78 is 0. The number of carbonyl (C=O) groups is 1. The number of pyridine rings is 1. The van der Waals surface area contributed by atoms with E-state index in [9.17, 15) is 9.90 Å². The van der Waals surface area contributed by atoms with Crippen LogP contribution in [-0.2, 0) is 4.79 Å². The number of hydrogen-bond donors (Lipinski definition) is 2. The lowest BCUT2D eigenvalue weighted by Crippen LogP contribution is -2.50. The maximum absolute atomic E-state index is 12.0. The van der Waals surface area contributed by atoms with Crippen LogP contribution in [0.25, 0.3) is 0 Å². The van der Waals surface area contributed by atoms with Gasteiger partial charge < -0.3 is 10.4 Å². The van der Waals surface area contributed by atoms with Gasteiger partial charge in [0.1, 0.15) is 0 Å². The Labute approximate surface area is 131 Å². The van der Waals surface area contributed by atoms with Crippen molar-refractivity contribution in [1.29, 1.82) is 0 Å². The van der Waals surface area contributed by atoms with E-state index in [1.807, 2.05) is 6.07 Å². The number of rotatable bonds is 6.